The van der Waals surface area contributed by atoms with Gasteiger partial charge in [-0.05, 0) is 30.2 Å². The highest BCUT2D eigenvalue weighted by molar-refractivity contribution is 5.22. The Morgan fingerprint density at radius 1 is 1.50 bits per heavy atom. The summed E-state index contributed by atoms with van der Waals surface area (Å²) in [5.74, 6) is -0.367. The van der Waals surface area contributed by atoms with Gasteiger partial charge in [0.15, 0.2) is 0 Å². The average Bonchev–Trinajstić information content (AvgIpc) is 2.16. The Kier molecular flexibility index (Phi) is 3.06. The summed E-state index contributed by atoms with van der Waals surface area (Å²) in [7, 11) is 0. The molecule has 0 saturated heterocycles. The molecule has 1 aromatic carbocycles. The van der Waals surface area contributed by atoms with Crippen molar-refractivity contribution in [2.24, 2.45) is 5.11 Å². The zero-order valence-corrected chi connectivity index (χ0v) is 7.68. The first-order valence-electron chi connectivity index (χ1n) is 4.05. The summed E-state index contributed by atoms with van der Waals surface area (Å²) in [6, 6.07) is 5.42. The van der Waals surface area contributed by atoms with Crippen molar-refractivity contribution < 1.29 is 9.50 Å². The van der Waals surface area contributed by atoms with Gasteiger partial charge in [0.05, 0.1) is 12.1 Å². The molecule has 0 fully saturated rings. The highest BCUT2D eigenvalue weighted by Gasteiger charge is 2.21. The molecule has 0 aromatic heterocycles. The number of halogens is 1. The summed E-state index contributed by atoms with van der Waals surface area (Å²) < 4.78 is 12.6. The Balaban J connectivity index is 2.91. The molecule has 0 radical (unpaired) electrons. The lowest BCUT2D eigenvalue weighted by atomic mass is 9.96. The van der Waals surface area contributed by atoms with Gasteiger partial charge < -0.3 is 5.11 Å². The Morgan fingerprint density at radius 2 is 2.07 bits per heavy atom. The van der Waals surface area contributed by atoms with Crippen LogP contribution in [0.25, 0.3) is 10.4 Å². The minimum absolute atomic E-state index is 0.0743. The minimum atomic E-state index is -1.25. The van der Waals surface area contributed by atoms with Crippen molar-refractivity contribution >= 4 is 0 Å². The molecule has 0 bridgehead atoms. The molecule has 0 amide bonds. The van der Waals surface area contributed by atoms with Crippen molar-refractivity contribution in [3.63, 3.8) is 0 Å². The molecule has 1 atom stereocenters. The fraction of sp³-hybridized carbons (Fsp3) is 0.333. The van der Waals surface area contributed by atoms with E-state index in [-0.39, 0.29) is 12.4 Å². The normalized spacial score (nSPS) is 14.2. The fourth-order valence-electron chi connectivity index (χ4n) is 1.07. The first-order valence-corrected chi connectivity index (χ1v) is 4.05. The van der Waals surface area contributed by atoms with Gasteiger partial charge in [-0.3, -0.25) is 0 Å². The van der Waals surface area contributed by atoms with Crippen molar-refractivity contribution in [1.29, 1.82) is 0 Å². The Labute approximate surface area is 80.6 Å². The van der Waals surface area contributed by atoms with Gasteiger partial charge in [0.2, 0.25) is 0 Å². The van der Waals surface area contributed by atoms with E-state index in [0.717, 1.165) is 0 Å². The Morgan fingerprint density at radius 3 is 2.57 bits per heavy atom. The summed E-state index contributed by atoms with van der Waals surface area (Å²) in [6.07, 6.45) is 0. The number of aliphatic hydroxyl groups is 1. The van der Waals surface area contributed by atoms with Crippen LogP contribution in [0.1, 0.15) is 12.5 Å². The lowest BCUT2D eigenvalue weighted by Crippen LogP contribution is -2.24. The molecule has 0 spiro atoms. The maximum atomic E-state index is 12.6. The molecule has 0 aliphatic heterocycles. The van der Waals surface area contributed by atoms with Crippen molar-refractivity contribution in [2.45, 2.75) is 12.5 Å². The summed E-state index contributed by atoms with van der Waals surface area (Å²) in [4.78, 5) is 2.55. The molecule has 0 unspecified atom stereocenters. The standard InChI is InChI=1S/C9H10FN3O/c1-9(14,6-12-13-11)7-2-4-8(10)5-3-7/h2-5,14H,6H2,1H3/t9-/m0/s1. The summed E-state index contributed by atoms with van der Waals surface area (Å²) in [6.45, 7) is 1.43. The maximum absolute atomic E-state index is 12.6. The number of nitrogens with zero attached hydrogens (tertiary/aromatic N) is 3. The van der Waals surface area contributed by atoms with E-state index in [9.17, 15) is 9.50 Å². The molecule has 0 heterocycles. The van der Waals surface area contributed by atoms with Crippen LogP contribution in [-0.4, -0.2) is 11.7 Å². The van der Waals surface area contributed by atoms with Gasteiger partial charge in [0.25, 0.3) is 0 Å². The smallest absolute Gasteiger partial charge is 0.123 e. The third kappa shape index (κ3) is 2.45. The zero-order valence-electron chi connectivity index (χ0n) is 7.68. The van der Waals surface area contributed by atoms with E-state index in [4.69, 9.17) is 5.53 Å². The molecule has 0 aliphatic rings. The van der Waals surface area contributed by atoms with Crippen LogP contribution in [0.15, 0.2) is 29.4 Å². The number of hydrogen-bond acceptors (Lipinski definition) is 2. The van der Waals surface area contributed by atoms with Crippen LogP contribution in [0.4, 0.5) is 4.39 Å². The number of benzene rings is 1. The Hall–Kier alpha value is -1.58. The second-order valence-corrected chi connectivity index (χ2v) is 3.17. The molecule has 0 saturated carbocycles. The first-order chi connectivity index (χ1) is 6.56. The predicted octanol–water partition coefficient (Wildman–Crippen LogP) is 2.34. The van der Waals surface area contributed by atoms with Gasteiger partial charge in [-0.25, -0.2) is 4.39 Å². The molecule has 14 heavy (non-hydrogen) atoms. The topological polar surface area (TPSA) is 69.0 Å². The van der Waals surface area contributed by atoms with Crippen molar-refractivity contribution in [3.8, 4) is 0 Å². The predicted molar refractivity (Wildman–Crippen MR) is 50.0 cm³/mol. The molecule has 1 rings (SSSR count). The summed E-state index contributed by atoms with van der Waals surface area (Å²) in [5, 5.41) is 13.1. The Bertz CT molecular complexity index is 355. The summed E-state index contributed by atoms with van der Waals surface area (Å²) >= 11 is 0. The van der Waals surface area contributed by atoms with E-state index in [0.29, 0.717) is 5.56 Å². The molecule has 5 heteroatoms. The lowest BCUT2D eigenvalue weighted by molar-refractivity contribution is 0.0669. The van der Waals surface area contributed by atoms with Crippen LogP contribution in [0.5, 0.6) is 0 Å². The first kappa shape index (κ1) is 10.5. The van der Waals surface area contributed by atoms with Gasteiger partial charge in [-0.2, -0.15) is 0 Å². The highest BCUT2D eigenvalue weighted by Crippen LogP contribution is 2.20. The molecular formula is C9H10FN3O. The van der Waals surface area contributed by atoms with E-state index in [1.807, 2.05) is 0 Å². The van der Waals surface area contributed by atoms with Crippen molar-refractivity contribution in [1.82, 2.24) is 0 Å². The third-order valence-electron chi connectivity index (χ3n) is 1.91. The van der Waals surface area contributed by atoms with Gasteiger partial charge in [-0.15, -0.1) is 0 Å². The summed E-state index contributed by atoms with van der Waals surface area (Å²) in [5.41, 5.74) is 7.38. The molecule has 4 nitrogen and oxygen atoms in total. The number of hydrogen-bond donors (Lipinski definition) is 1. The molecule has 1 aromatic rings. The van der Waals surface area contributed by atoms with E-state index < -0.39 is 5.60 Å². The van der Waals surface area contributed by atoms with Crippen LogP contribution < -0.4 is 0 Å². The van der Waals surface area contributed by atoms with E-state index in [1.54, 1.807) is 0 Å². The maximum Gasteiger partial charge on any atom is 0.123 e. The van der Waals surface area contributed by atoms with Gasteiger partial charge in [0.1, 0.15) is 5.82 Å². The zero-order chi connectivity index (χ0) is 10.6. The average molecular weight is 195 g/mol. The third-order valence-corrected chi connectivity index (χ3v) is 1.91. The van der Waals surface area contributed by atoms with Crippen molar-refractivity contribution in [2.75, 3.05) is 6.54 Å². The fourth-order valence-corrected chi connectivity index (χ4v) is 1.07. The highest BCUT2D eigenvalue weighted by atomic mass is 19.1. The minimum Gasteiger partial charge on any atom is -0.385 e. The molecule has 0 aliphatic carbocycles. The van der Waals surface area contributed by atoms with Crippen LogP contribution >= 0.6 is 0 Å². The largest absolute Gasteiger partial charge is 0.385 e. The van der Waals surface area contributed by atoms with Gasteiger partial charge >= 0.3 is 0 Å². The number of rotatable bonds is 3. The SMILES string of the molecule is C[C@](O)(CN=[N+]=[N-])c1ccc(F)cc1. The molecular weight excluding hydrogens is 185 g/mol. The van der Waals surface area contributed by atoms with E-state index in [1.165, 1.54) is 31.2 Å². The van der Waals surface area contributed by atoms with Crippen LogP contribution in [0.2, 0.25) is 0 Å². The second-order valence-electron chi connectivity index (χ2n) is 3.17. The van der Waals surface area contributed by atoms with Crippen molar-refractivity contribution in [3.05, 3.63) is 46.1 Å². The monoisotopic (exact) mass is 195 g/mol. The molecule has 1 N–H and O–H groups in total. The van der Waals surface area contributed by atoms with Crippen LogP contribution in [0, 0.1) is 5.82 Å². The second kappa shape index (κ2) is 4.09. The van der Waals surface area contributed by atoms with Gasteiger partial charge in [-0.1, -0.05) is 17.2 Å². The quantitative estimate of drug-likeness (QED) is 0.449. The van der Waals surface area contributed by atoms with Crippen LogP contribution in [0.3, 0.4) is 0 Å². The van der Waals surface area contributed by atoms with E-state index in [2.05, 4.69) is 10.0 Å². The molecule has 74 valence electrons. The van der Waals surface area contributed by atoms with Crippen LogP contribution in [-0.2, 0) is 5.60 Å². The number of azide groups is 1. The lowest BCUT2D eigenvalue weighted by Gasteiger charge is -2.21. The van der Waals surface area contributed by atoms with E-state index >= 15 is 0 Å². The van der Waals surface area contributed by atoms with Gasteiger partial charge in [0, 0.05) is 4.91 Å².